The van der Waals surface area contributed by atoms with Crippen LogP contribution in [0.3, 0.4) is 0 Å². The molecule has 0 saturated carbocycles. The molecule has 0 unspecified atom stereocenters. The molecule has 2 aromatic rings. The van der Waals surface area contributed by atoms with Gasteiger partial charge in [-0.1, -0.05) is 0 Å². The summed E-state index contributed by atoms with van der Waals surface area (Å²) in [6, 6.07) is 9.75. The normalized spacial score (nSPS) is 11.4. The first-order valence-electron chi connectivity index (χ1n) is 7.46. The molecule has 8 nitrogen and oxygen atoms in total. The lowest BCUT2D eigenvalue weighted by atomic mass is 10.3. The average molecular weight is 365 g/mol. The van der Waals surface area contributed by atoms with Gasteiger partial charge >= 0.3 is 0 Å². The van der Waals surface area contributed by atoms with Crippen molar-refractivity contribution in [1.29, 1.82) is 0 Å². The summed E-state index contributed by atoms with van der Waals surface area (Å²) in [5.74, 6) is 0.344. The molecule has 2 rings (SSSR count). The van der Waals surface area contributed by atoms with Gasteiger partial charge in [0.1, 0.15) is 18.1 Å². The van der Waals surface area contributed by atoms with Gasteiger partial charge < -0.3 is 9.15 Å². The average Bonchev–Trinajstić information content (AvgIpc) is 3.13. The Hall–Kier alpha value is -2.81. The van der Waals surface area contributed by atoms with Crippen molar-refractivity contribution in [3.8, 4) is 5.75 Å². The first-order chi connectivity index (χ1) is 12.0. The van der Waals surface area contributed by atoms with E-state index in [2.05, 4.69) is 10.5 Å². The molecule has 134 valence electrons. The quantitative estimate of drug-likeness (QED) is 0.565. The molecule has 0 fully saturated rings. The number of hydrogen-bond acceptors (Lipinski definition) is 6. The van der Waals surface area contributed by atoms with Gasteiger partial charge in [-0.05, 0) is 43.3 Å². The summed E-state index contributed by atoms with van der Waals surface area (Å²) in [4.78, 5) is 12.1. The Morgan fingerprint density at radius 2 is 2.04 bits per heavy atom. The molecule has 0 atom stereocenters. The van der Waals surface area contributed by atoms with Crippen LogP contribution in [0.4, 0.5) is 5.69 Å². The first-order valence-corrected chi connectivity index (χ1v) is 9.07. The van der Waals surface area contributed by atoms with E-state index in [1.165, 1.54) is 26.5 Å². The lowest BCUT2D eigenvalue weighted by Gasteiger charge is -2.23. The predicted octanol–water partition coefficient (Wildman–Crippen LogP) is 1.59. The molecule has 0 aliphatic heterocycles. The molecule has 25 heavy (non-hydrogen) atoms. The molecule has 1 aromatic carbocycles. The van der Waals surface area contributed by atoms with Crippen LogP contribution in [0, 0.1) is 0 Å². The van der Waals surface area contributed by atoms with Gasteiger partial charge in [-0.3, -0.25) is 9.10 Å². The summed E-state index contributed by atoms with van der Waals surface area (Å²) in [5, 5.41) is 3.74. The van der Waals surface area contributed by atoms with Gasteiger partial charge in [-0.2, -0.15) is 5.10 Å². The van der Waals surface area contributed by atoms with E-state index in [0.29, 0.717) is 17.2 Å². The molecule has 0 aliphatic carbocycles. The number of sulfonamides is 1. The fourth-order valence-electron chi connectivity index (χ4n) is 1.95. The van der Waals surface area contributed by atoms with Crippen molar-refractivity contribution < 1.29 is 22.4 Å². The van der Waals surface area contributed by atoms with Crippen LogP contribution >= 0.6 is 0 Å². The number of ether oxygens (including phenoxy) is 1. The Kier molecular flexibility index (Phi) is 6.18. The topological polar surface area (TPSA) is 101 Å². The molecule has 0 radical (unpaired) electrons. The maximum Gasteiger partial charge on any atom is 0.260 e. The fraction of sp³-hybridized carbons (Fsp3) is 0.250. The highest BCUT2D eigenvalue weighted by atomic mass is 32.2. The number of anilines is 1. The highest BCUT2D eigenvalue weighted by Gasteiger charge is 2.23. The number of methoxy groups -OCH3 is 1. The van der Waals surface area contributed by atoms with Crippen molar-refractivity contribution in [2.24, 2.45) is 5.10 Å². The Morgan fingerprint density at radius 1 is 1.32 bits per heavy atom. The second kappa shape index (κ2) is 8.34. The standard InChI is InChI=1S/C16H19N3O5S/c1-3-25(21,22)19(13-6-8-14(23-2)9-7-13)12-16(20)18-17-11-15-5-4-10-24-15/h4-11H,3,12H2,1-2H3,(H,18,20)/b17-11-. The van der Waals surface area contributed by atoms with Crippen LogP contribution in [0.1, 0.15) is 12.7 Å². The van der Waals surface area contributed by atoms with Gasteiger partial charge in [0.2, 0.25) is 10.0 Å². The summed E-state index contributed by atoms with van der Waals surface area (Å²) < 4.78 is 35.8. The third-order valence-electron chi connectivity index (χ3n) is 3.27. The number of furan rings is 1. The molecule has 0 saturated heterocycles. The molecule has 1 amide bonds. The molecule has 1 aromatic heterocycles. The Labute approximate surface area is 146 Å². The second-order valence-electron chi connectivity index (χ2n) is 4.91. The number of nitrogens with zero attached hydrogens (tertiary/aromatic N) is 2. The van der Waals surface area contributed by atoms with Gasteiger partial charge in [0.05, 0.1) is 31.0 Å². The zero-order valence-electron chi connectivity index (χ0n) is 13.9. The minimum absolute atomic E-state index is 0.137. The number of hydrogen-bond donors (Lipinski definition) is 1. The molecule has 0 bridgehead atoms. The van der Waals surface area contributed by atoms with E-state index in [9.17, 15) is 13.2 Å². The van der Waals surface area contributed by atoms with Crippen molar-refractivity contribution in [3.63, 3.8) is 0 Å². The number of rotatable bonds is 8. The predicted molar refractivity (Wildman–Crippen MR) is 94.2 cm³/mol. The Balaban J connectivity index is 2.11. The van der Waals surface area contributed by atoms with Crippen LogP contribution < -0.4 is 14.5 Å². The summed E-state index contributed by atoms with van der Waals surface area (Å²) in [5.41, 5.74) is 2.65. The van der Waals surface area contributed by atoms with E-state index in [1.54, 1.807) is 36.4 Å². The second-order valence-corrected chi connectivity index (χ2v) is 7.10. The SMILES string of the molecule is CCS(=O)(=O)N(CC(=O)N/N=C\c1ccco1)c1ccc(OC)cc1. The minimum atomic E-state index is -3.63. The van der Waals surface area contributed by atoms with Gasteiger partial charge in [0.25, 0.3) is 5.91 Å². The summed E-state index contributed by atoms with van der Waals surface area (Å²) in [6.45, 7) is 1.12. The van der Waals surface area contributed by atoms with E-state index in [0.717, 1.165) is 4.31 Å². The lowest BCUT2D eigenvalue weighted by Crippen LogP contribution is -2.40. The Bertz CT molecular complexity index is 814. The monoisotopic (exact) mass is 365 g/mol. The number of hydrazone groups is 1. The van der Waals surface area contributed by atoms with E-state index in [-0.39, 0.29) is 5.75 Å². The third kappa shape index (κ3) is 5.08. The smallest absolute Gasteiger partial charge is 0.260 e. The van der Waals surface area contributed by atoms with Crippen molar-refractivity contribution in [1.82, 2.24) is 5.43 Å². The van der Waals surface area contributed by atoms with Crippen LogP contribution in [-0.4, -0.2) is 39.9 Å². The maximum absolute atomic E-state index is 12.3. The van der Waals surface area contributed by atoms with Crippen LogP contribution in [-0.2, 0) is 14.8 Å². The van der Waals surface area contributed by atoms with Crippen molar-refractivity contribution >= 4 is 27.8 Å². The first kappa shape index (κ1) is 18.5. The van der Waals surface area contributed by atoms with Crippen LogP contribution in [0.5, 0.6) is 5.75 Å². The van der Waals surface area contributed by atoms with E-state index < -0.39 is 22.5 Å². The van der Waals surface area contributed by atoms with E-state index in [1.807, 2.05) is 0 Å². The van der Waals surface area contributed by atoms with Gasteiger partial charge in [-0.25, -0.2) is 13.8 Å². The maximum atomic E-state index is 12.3. The van der Waals surface area contributed by atoms with Crippen molar-refractivity contribution in [2.45, 2.75) is 6.92 Å². The highest BCUT2D eigenvalue weighted by molar-refractivity contribution is 7.92. The van der Waals surface area contributed by atoms with Gasteiger partial charge in [0.15, 0.2) is 0 Å². The minimum Gasteiger partial charge on any atom is -0.497 e. The molecular formula is C16H19N3O5S. The van der Waals surface area contributed by atoms with Gasteiger partial charge in [-0.15, -0.1) is 0 Å². The summed E-state index contributed by atoms with van der Waals surface area (Å²) >= 11 is 0. The number of nitrogens with one attached hydrogen (secondary N) is 1. The molecule has 1 N–H and O–H groups in total. The number of benzene rings is 1. The summed E-state index contributed by atoms with van der Waals surface area (Å²) in [6.07, 6.45) is 2.80. The van der Waals surface area contributed by atoms with Crippen LogP contribution in [0.2, 0.25) is 0 Å². The largest absolute Gasteiger partial charge is 0.497 e. The highest BCUT2D eigenvalue weighted by Crippen LogP contribution is 2.21. The van der Waals surface area contributed by atoms with E-state index in [4.69, 9.17) is 9.15 Å². The van der Waals surface area contributed by atoms with Crippen LogP contribution in [0.25, 0.3) is 0 Å². The number of amides is 1. The zero-order valence-corrected chi connectivity index (χ0v) is 14.7. The molecule has 0 aliphatic rings. The third-order valence-corrected chi connectivity index (χ3v) is 5.01. The zero-order chi connectivity index (χ0) is 18.3. The number of carbonyl (C=O) groups is 1. The van der Waals surface area contributed by atoms with Gasteiger partial charge in [0, 0.05) is 0 Å². The molecule has 1 heterocycles. The summed E-state index contributed by atoms with van der Waals surface area (Å²) in [7, 11) is -2.12. The van der Waals surface area contributed by atoms with E-state index >= 15 is 0 Å². The number of carbonyl (C=O) groups excluding carboxylic acids is 1. The van der Waals surface area contributed by atoms with Crippen molar-refractivity contribution in [2.75, 3.05) is 23.7 Å². The molecular weight excluding hydrogens is 346 g/mol. The lowest BCUT2D eigenvalue weighted by molar-refractivity contribution is -0.119. The van der Waals surface area contributed by atoms with Crippen LogP contribution in [0.15, 0.2) is 52.2 Å². The molecule has 9 heteroatoms. The van der Waals surface area contributed by atoms with Crippen molar-refractivity contribution in [3.05, 3.63) is 48.4 Å². The fourth-order valence-corrected chi connectivity index (χ4v) is 3.02. The Morgan fingerprint density at radius 3 is 2.60 bits per heavy atom. The molecule has 0 spiro atoms.